The lowest BCUT2D eigenvalue weighted by Gasteiger charge is -2.15. The molecular weight excluding hydrogens is 252 g/mol. The Hall–Kier alpha value is -2.07. The summed E-state index contributed by atoms with van der Waals surface area (Å²) in [6.07, 6.45) is 1.78. The van der Waals surface area contributed by atoms with E-state index in [9.17, 15) is 4.79 Å². The van der Waals surface area contributed by atoms with Gasteiger partial charge in [0.2, 0.25) is 0 Å². The number of aryl methyl sites for hydroxylation is 2. The van der Waals surface area contributed by atoms with E-state index < -0.39 is 6.04 Å². The lowest BCUT2D eigenvalue weighted by atomic mass is 9.99. The van der Waals surface area contributed by atoms with Gasteiger partial charge in [0.05, 0.1) is 13.2 Å². The first kappa shape index (κ1) is 14.3. The third-order valence-electron chi connectivity index (χ3n) is 3.50. The Bertz CT molecular complexity index is 662. The maximum Gasteiger partial charge on any atom is 0.255 e. The van der Waals surface area contributed by atoms with E-state index in [1.165, 1.54) is 0 Å². The number of ether oxygens (including phenoxy) is 1. The van der Waals surface area contributed by atoms with E-state index in [4.69, 9.17) is 10.5 Å². The lowest BCUT2D eigenvalue weighted by molar-refractivity contribution is 0.411. The minimum absolute atomic E-state index is 0.0315. The van der Waals surface area contributed by atoms with E-state index in [1.807, 2.05) is 38.1 Å². The Labute approximate surface area is 118 Å². The summed E-state index contributed by atoms with van der Waals surface area (Å²) in [5.41, 5.74) is 8.74. The molecule has 0 spiro atoms. The van der Waals surface area contributed by atoms with Crippen molar-refractivity contribution in [1.82, 2.24) is 4.57 Å². The molecule has 0 aliphatic rings. The molecule has 1 atom stereocenters. The van der Waals surface area contributed by atoms with Crippen LogP contribution in [-0.2, 0) is 6.54 Å². The van der Waals surface area contributed by atoms with Crippen molar-refractivity contribution in [2.45, 2.75) is 26.4 Å². The van der Waals surface area contributed by atoms with Gasteiger partial charge in [0.25, 0.3) is 5.56 Å². The Morgan fingerprint density at radius 2 is 2.10 bits per heavy atom. The van der Waals surface area contributed by atoms with Crippen LogP contribution < -0.4 is 16.0 Å². The maximum absolute atomic E-state index is 12.3. The molecule has 0 fully saturated rings. The van der Waals surface area contributed by atoms with E-state index in [0.29, 0.717) is 12.1 Å². The second-order valence-electron chi connectivity index (χ2n) is 4.76. The van der Waals surface area contributed by atoms with E-state index in [2.05, 4.69) is 0 Å². The zero-order valence-corrected chi connectivity index (χ0v) is 12.1. The molecule has 2 aromatic rings. The minimum atomic E-state index is -0.425. The fourth-order valence-electron chi connectivity index (χ4n) is 2.32. The highest BCUT2D eigenvalue weighted by atomic mass is 16.5. The van der Waals surface area contributed by atoms with Crippen LogP contribution in [-0.4, -0.2) is 11.7 Å². The molecule has 2 rings (SSSR count). The molecule has 1 aromatic carbocycles. The van der Waals surface area contributed by atoms with Gasteiger partial charge in [-0.2, -0.15) is 0 Å². The van der Waals surface area contributed by atoms with Crippen LogP contribution in [0.2, 0.25) is 0 Å². The Balaban J connectivity index is 2.44. The third-order valence-corrected chi connectivity index (χ3v) is 3.50. The molecule has 0 radical (unpaired) electrons. The summed E-state index contributed by atoms with van der Waals surface area (Å²) in [6.45, 7) is 4.54. The van der Waals surface area contributed by atoms with Gasteiger partial charge in [0.15, 0.2) is 0 Å². The summed E-state index contributed by atoms with van der Waals surface area (Å²) < 4.78 is 6.90. The zero-order valence-electron chi connectivity index (χ0n) is 12.1. The van der Waals surface area contributed by atoms with Gasteiger partial charge in [-0.1, -0.05) is 18.2 Å². The number of methoxy groups -OCH3 is 1. The molecule has 0 bridgehead atoms. The number of benzene rings is 1. The Kier molecular flexibility index (Phi) is 4.25. The van der Waals surface area contributed by atoms with Gasteiger partial charge in [-0.25, -0.2) is 0 Å². The molecule has 20 heavy (non-hydrogen) atoms. The first-order chi connectivity index (χ1) is 9.58. The summed E-state index contributed by atoms with van der Waals surface area (Å²) >= 11 is 0. The number of hydrogen-bond acceptors (Lipinski definition) is 3. The average molecular weight is 272 g/mol. The topological polar surface area (TPSA) is 57.2 Å². The van der Waals surface area contributed by atoms with Crippen molar-refractivity contribution >= 4 is 0 Å². The molecule has 0 saturated heterocycles. The number of pyridine rings is 1. The summed E-state index contributed by atoms with van der Waals surface area (Å²) in [6, 6.07) is 8.97. The second-order valence-corrected chi connectivity index (χ2v) is 4.76. The van der Waals surface area contributed by atoms with Crippen molar-refractivity contribution in [2.75, 3.05) is 7.11 Å². The molecule has 1 aromatic heterocycles. The van der Waals surface area contributed by atoms with Crippen molar-refractivity contribution in [3.8, 4) is 5.75 Å². The summed E-state index contributed by atoms with van der Waals surface area (Å²) in [5.74, 6) is 0.819. The van der Waals surface area contributed by atoms with Gasteiger partial charge in [-0.15, -0.1) is 0 Å². The van der Waals surface area contributed by atoms with Crippen LogP contribution in [0.15, 0.2) is 41.3 Å². The monoisotopic (exact) mass is 272 g/mol. The van der Waals surface area contributed by atoms with Crippen LogP contribution >= 0.6 is 0 Å². The molecule has 1 unspecified atom stereocenters. The van der Waals surface area contributed by atoms with Gasteiger partial charge < -0.3 is 15.0 Å². The average Bonchev–Trinajstić information content (AvgIpc) is 2.46. The van der Waals surface area contributed by atoms with Crippen molar-refractivity contribution in [3.63, 3.8) is 0 Å². The molecule has 0 aliphatic carbocycles. The van der Waals surface area contributed by atoms with Crippen LogP contribution in [0.4, 0.5) is 0 Å². The summed E-state index contributed by atoms with van der Waals surface area (Å²) in [4.78, 5) is 12.3. The van der Waals surface area contributed by atoms with E-state index >= 15 is 0 Å². The zero-order chi connectivity index (χ0) is 14.7. The summed E-state index contributed by atoms with van der Waals surface area (Å²) in [7, 11) is 1.64. The number of aromatic nitrogens is 1. The number of hydrogen-bond donors (Lipinski definition) is 1. The minimum Gasteiger partial charge on any atom is -0.496 e. The van der Waals surface area contributed by atoms with Crippen LogP contribution in [0.25, 0.3) is 0 Å². The first-order valence-electron chi connectivity index (χ1n) is 6.68. The molecule has 1 heterocycles. The van der Waals surface area contributed by atoms with Gasteiger partial charge in [-0.3, -0.25) is 4.79 Å². The predicted molar refractivity (Wildman–Crippen MR) is 80.1 cm³/mol. The van der Waals surface area contributed by atoms with Crippen LogP contribution in [0.5, 0.6) is 5.75 Å². The Morgan fingerprint density at radius 3 is 2.70 bits per heavy atom. The highest BCUT2D eigenvalue weighted by Gasteiger charge is 2.14. The molecule has 0 amide bonds. The quantitative estimate of drug-likeness (QED) is 0.928. The van der Waals surface area contributed by atoms with Crippen LogP contribution in [0.1, 0.15) is 29.7 Å². The smallest absolute Gasteiger partial charge is 0.255 e. The van der Waals surface area contributed by atoms with Crippen molar-refractivity contribution in [3.05, 3.63) is 63.6 Å². The number of nitrogens with two attached hydrogens (primary N) is 1. The maximum atomic E-state index is 12.3. The lowest BCUT2D eigenvalue weighted by Crippen LogP contribution is -2.27. The van der Waals surface area contributed by atoms with Gasteiger partial charge in [0.1, 0.15) is 5.75 Å². The highest BCUT2D eigenvalue weighted by molar-refractivity contribution is 5.40. The fraction of sp³-hybridized carbons (Fsp3) is 0.312. The molecule has 0 saturated carbocycles. The largest absolute Gasteiger partial charge is 0.496 e. The van der Waals surface area contributed by atoms with Crippen LogP contribution in [0, 0.1) is 6.92 Å². The van der Waals surface area contributed by atoms with Crippen molar-refractivity contribution < 1.29 is 4.74 Å². The van der Waals surface area contributed by atoms with E-state index in [0.717, 1.165) is 16.9 Å². The van der Waals surface area contributed by atoms with Crippen molar-refractivity contribution in [1.29, 1.82) is 0 Å². The standard InChI is InChI=1S/C16H20N2O2/c1-4-18-9-5-6-13(16(18)19)15(17)12-7-8-14(20-3)11(2)10-12/h5-10,15H,4,17H2,1-3H3. The fourth-order valence-corrected chi connectivity index (χ4v) is 2.32. The van der Waals surface area contributed by atoms with E-state index in [-0.39, 0.29) is 5.56 Å². The van der Waals surface area contributed by atoms with Gasteiger partial charge >= 0.3 is 0 Å². The Morgan fingerprint density at radius 1 is 1.35 bits per heavy atom. The van der Waals surface area contributed by atoms with Gasteiger partial charge in [-0.05, 0) is 37.1 Å². The molecule has 4 heteroatoms. The third kappa shape index (κ3) is 2.60. The summed E-state index contributed by atoms with van der Waals surface area (Å²) in [5, 5.41) is 0. The second kappa shape index (κ2) is 5.92. The first-order valence-corrected chi connectivity index (χ1v) is 6.68. The predicted octanol–water partition coefficient (Wildman–Crippen LogP) is 2.23. The van der Waals surface area contributed by atoms with Gasteiger partial charge in [0, 0.05) is 18.3 Å². The molecule has 106 valence electrons. The van der Waals surface area contributed by atoms with Crippen molar-refractivity contribution in [2.24, 2.45) is 5.73 Å². The SMILES string of the molecule is CCn1cccc(C(N)c2ccc(OC)c(C)c2)c1=O. The highest BCUT2D eigenvalue weighted by Crippen LogP contribution is 2.23. The van der Waals surface area contributed by atoms with E-state index in [1.54, 1.807) is 23.9 Å². The molecular formula is C16H20N2O2. The number of rotatable bonds is 4. The molecule has 2 N–H and O–H groups in total. The molecule has 0 aliphatic heterocycles. The normalized spacial score (nSPS) is 12.2. The number of nitrogens with zero attached hydrogens (tertiary/aromatic N) is 1. The van der Waals surface area contributed by atoms with Crippen LogP contribution in [0.3, 0.4) is 0 Å². The molecule has 4 nitrogen and oxygen atoms in total.